The molecule has 2 N–H and O–H groups in total. The van der Waals surface area contributed by atoms with E-state index in [1.54, 1.807) is 20.3 Å². The highest BCUT2D eigenvalue weighted by Crippen LogP contribution is 2.43. The number of hydrogen-bond acceptors (Lipinski definition) is 4. The first-order chi connectivity index (χ1) is 11.2. The van der Waals surface area contributed by atoms with Crippen LogP contribution in [-0.4, -0.2) is 32.4 Å². The van der Waals surface area contributed by atoms with Crippen LogP contribution in [0.2, 0.25) is 5.02 Å². The third kappa shape index (κ3) is 2.96. The molecule has 0 unspecified atom stereocenters. The lowest BCUT2D eigenvalue weighted by molar-refractivity contribution is 0.354. The number of phenols is 1. The summed E-state index contributed by atoms with van der Waals surface area (Å²) in [5.74, 6) is 2.02. The van der Waals surface area contributed by atoms with Gasteiger partial charge in [-0.3, -0.25) is 0 Å². The van der Waals surface area contributed by atoms with Gasteiger partial charge in [-0.15, -0.1) is 0 Å². The van der Waals surface area contributed by atoms with E-state index in [-0.39, 0.29) is 17.6 Å². The van der Waals surface area contributed by atoms with Crippen LogP contribution in [0.15, 0.2) is 36.4 Å². The molecular weight excluding hydrogens is 314 g/mol. The topological polar surface area (TPSA) is 50.7 Å². The Labute approximate surface area is 141 Å². The molecule has 2 aromatic rings. The van der Waals surface area contributed by atoms with E-state index in [2.05, 4.69) is 11.4 Å². The van der Waals surface area contributed by atoms with Crippen molar-refractivity contribution in [3.63, 3.8) is 0 Å². The third-order valence-electron chi connectivity index (χ3n) is 4.46. The largest absolute Gasteiger partial charge is 0.506 e. The van der Waals surface area contributed by atoms with Gasteiger partial charge in [-0.25, -0.2) is 0 Å². The Morgan fingerprint density at radius 3 is 2.52 bits per heavy atom. The molecule has 1 heterocycles. The van der Waals surface area contributed by atoms with Gasteiger partial charge in [0.25, 0.3) is 0 Å². The molecule has 0 aromatic heterocycles. The average molecular weight is 334 g/mol. The third-order valence-corrected chi connectivity index (χ3v) is 4.87. The first-order valence-corrected chi connectivity index (χ1v) is 7.93. The zero-order valence-corrected chi connectivity index (χ0v) is 13.9. The van der Waals surface area contributed by atoms with Crippen molar-refractivity contribution in [3.8, 4) is 17.2 Å². The molecule has 0 bridgehead atoms. The minimum atomic E-state index is 0.127. The Bertz CT molecular complexity index is 705. The Kier molecular flexibility index (Phi) is 4.64. The van der Waals surface area contributed by atoms with Crippen LogP contribution in [0.25, 0.3) is 0 Å². The monoisotopic (exact) mass is 333 g/mol. The van der Waals surface area contributed by atoms with Gasteiger partial charge in [0.15, 0.2) is 11.5 Å². The molecule has 1 aliphatic heterocycles. The van der Waals surface area contributed by atoms with Crippen molar-refractivity contribution < 1.29 is 14.6 Å². The smallest absolute Gasteiger partial charge is 0.160 e. The molecule has 0 saturated carbocycles. The number of aromatic hydroxyl groups is 1. The summed E-state index contributed by atoms with van der Waals surface area (Å²) < 4.78 is 10.7. The van der Waals surface area contributed by atoms with Crippen molar-refractivity contribution in [2.24, 2.45) is 0 Å². The summed E-state index contributed by atoms with van der Waals surface area (Å²) in [5, 5.41) is 13.7. The molecule has 2 aromatic carbocycles. The summed E-state index contributed by atoms with van der Waals surface area (Å²) in [6.45, 7) is 1.67. The fourth-order valence-corrected chi connectivity index (χ4v) is 3.53. The van der Waals surface area contributed by atoms with E-state index in [4.69, 9.17) is 21.1 Å². The highest BCUT2D eigenvalue weighted by molar-refractivity contribution is 6.32. The van der Waals surface area contributed by atoms with Crippen molar-refractivity contribution in [2.75, 3.05) is 27.3 Å². The Balaban J connectivity index is 1.97. The number of nitrogens with one attached hydrogen (secondary N) is 1. The Hall–Kier alpha value is -1.91. The zero-order chi connectivity index (χ0) is 16.4. The van der Waals surface area contributed by atoms with E-state index in [1.165, 1.54) is 0 Å². The maximum atomic E-state index is 9.88. The fraction of sp³-hybridized carbons (Fsp3) is 0.333. The summed E-state index contributed by atoms with van der Waals surface area (Å²) in [5.41, 5.74) is 2.13. The standard InChI is InChI=1S/C18H20ClNO3/c1-22-16-7-6-11(8-17(16)23-2)13-9-20-10-14(13)12-4-3-5-15(21)18(12)19/h3-8,13-14,20-21H,9-10H2,1-2H3/t13-,14-/m0/s1. The molecule has 0 amide bonds. The van der Waals surface area contributed by atoms with Crippen LogP contribution < -0.4 is 14.8 Å². The molecule has 2 atom stereocenters. The predicted molar refractivity (Wildman–Crippen MR) is 91.0 cm³/mol. The number of methoxy groups -OCH3 is 2. The van der Waals surface area contributed by atoms with Crippen molar-refractivity contribution in [2.45, 2.75) is 11.8 Å². The van der Waals surface area contributed by atoms with Crippen molar-refractivity contribution in [1.29, 1.82) is 0 Å². The molecular formula is C18H20ClNO3. The molecule has 1 aliphatic rings. The molecule has 0 radical (unpaired) electrons. The molecule has 0 spiro atoms. The van der Waals surface area contributed by atoms with E-state index < -0.39 is 0 Å². The summed E-state index contributed by atoms with van der Waals surface area (Å²) in [6, 6.07) is 11.4. The number of hydrogen-bond donors (Lipinski definition) is 2. The molecule has 122 valence electrons. The van der Waals surface area contributed by atoms with Crippen LogP contribution in [0.4, 0.5) is 0 Å². The lowest BCUT2D eigenvalue weighted by atomic mass is 9.84. The van der Waals surface area contributed by atoms with Crippen molar-refractivity contribution in [1.82, 2.24) is 5.32 Å². The van der Waals surface area contributed by atoms with Gasteiger partial charge in [0.05, 0.1) is 19.2 Å². The maximum absolute atomic E-state index is 9.88. The van der Waals surface area contributed by atoms with Crippen molar-refractivity contribution in [3.05, 3.63) is 52.5 Å². The first-order valence-electron chi connectivity index (χ1n) is 7.55. The van der Waals surface area contributed by atoms with E-state index in [0.29, 0.717) is 10.8 Å². The van der Waals surface area contributed by atoms with Gasteiger partial charge in [-0.1, -0.05) is 29.8 Å². The second kappa shape index (κ2) is 6.69. The van der Waals surface area contributed by atoms with Gasteiger partial charge in [-0.2, -0.15) is 0 Å². The maximum Gasteiger partial charge on any atom is 0.160 e. The van der Waals surface area contributed by atoms with Gasteiger partial charge in [0.2, 0.25) is 0 Å². The number of rotatable bonds is 4. The van der Waals surface area contributed by atoms with Gasteiger partial charge < -0.3 is 19.9 Å². The van der Waals surface area contributed by atoms with Crippen LogP contribution in [0.5, 0.6) is 17.2 Å². The van der Waals surface area contributed by atoms with Gasteiger partial charge in [-0.05, 0) is 29.3 Å². The first kappa shape index (κ1) is 16.0. The lowest BCUT2D eigenvalue weighted by Crippen LogP contribution is -2.10. The average Bonchev–Trinajstić information content (AvgIpc) is 3.06. The van der Waals surface area contributed by atoms with Crippen molar-refractivity contribution >= 4 is 11.6 Å². The number of ether oxygens (including phenoxy) is 2. The SMILES string of the molecule is COc1ccc([C@@H]2CNC[C@H]2c2cccc(O)c2Cl)cc1OC. The Morgan fingerprint density at radius 1 is 1.04 bits per heavy atom. The molecule has 23 heavy (non-hydrogen) atoms. The molecule has 5 heteroatoms. The molecule has 1 fully saturated rings. The number of phenolic OH excluding ortho intramolecular Hbond substituents is 1. The van der Waals surface area contributed by atoms with Crippen LogP contribution in [0, 0.1) is 0 Å². The fourth-order valence-electron chi connectivity index (χ4n) is 3.26. The quantitative estimate of drug-likeness (QED) is 0.898. The van der Waals surface area contributed by atoms with Crippen LogP contribution in [-0.2, 0) is 0 Å². The second-order valence-corrected chi connectivity index (χ2v) is 6.04. The molecule has 3 rings (SSSR count). The van der Waals surface area contributed by atoms with Crippen LogP contribution in [0.1, 0.15) is 23.0 Å². The number of halogens is 1. The molecule has 4 nitrogen and oxygen atoms in total. The lowest BCUT2D eigenvalue weighted by Gasteiger charge is -2.22. The predicted octanol–water partition coefficient (Wildman–Crippen LogP) is 3.53. The van der Waals surface area contributed by atoms with E-state index in [1.807, 2.05) is 24.3 Å². The van der Waals surface area contributed by atoms with Crippen LogP contribution >= 0.6 is 11.6 Å². The van der Waals surface area contributed by atoms with E-state index in [0.717, 1.165) is 30.0 Å². The van der Waals surface area contributed by atoms with Gasteiger partial charge >= 0.3 is 0 Å². The molecule has 0 aliphatic carbocycles. The van der Waals surface area contributed by atoms with Gasteiger partial charge in [0, 0.05) is 24.9 Å². The Morgan fingerprint density at radius 2 is 1.78 bits per heavy atom. The summed E-state index contributed by atoms with van der Waals surface area (Å²) in [4.78, 5) is 0. The zero-order valence-electron chi connectivity index (χ0n) is 13.2. The molecule has 1 saturated heterocycles. The minimum Gasteiger partial charge on any atom is -0.506 e. The van der Waals surface area contributed by atoms with E-state index >= 15 is 0 Å². The highest BCUT2D eigenvalue weighted by atomic mass is 35.5. The summed E-state index contributed by atoms with van der Waals surface area (Å²) in [7, 11) is 3.27. The second-order valence-electron chi connectivity index (χ2n) is 5.67. The van der Waals surface area contributed by atoms with Crippen LogP contribution in [0.3, 0.4) is 0 Å². The highest BCUT2D eigenvalue weighted by Gasteiger charge is 2.32. The summed E-state index contributed by atoms with van der Waals surface area (Å²) in [6.07, 6.45) is 0. The minimum absolute atomic E-state index is 0.127. The van der Waals surface area contributed by atoms with Gasteiger partial charge in [0.1, 0.15) is 5.75 Å². The summed E-state index contributed by atoms with van der Waals surface area (Å²) >= 11 is 6.31. The number of benzene rings is 2. The van der Waals surface area contributed by atoms with E-state index in [9.17, 15) is 5.11 Å². The normalized spacial score (nSPS) is 20.5.